The average molecular weight is 268 g/mol. The van der Waals surface area contributed by atoms with Gasteiger partial charge in [0.15, 0.2) is 17.3 Å². The Labute approximate surface area is 106 Å². The average Bonchev–Trinajstić information content (AvgIpc) is 2.80. The molecule has 94 valence electrons. The van der Waals surface area contributed by atoms with E-state index in [2.05, 4.69) is 10.3 Å². The van der Waals surface area contributed by atoms with Crippen LogP contribution >= 0.6 is 11.3 Å². The molecular formula is C11H9FN2O3S. The SMILES string of the molecule is COc1cc(Nc2scnc2C(=O)O)ccc1F. The maximum absolute atomic E-state index is 13.2. The fourth-order valence-corrected chi connectivity index (χ4v) is 2.05. The highest BCUT2D eigenvalue weighted by Gasteiger charge is 2.14. The molecular weight excluding hydrogens is 259 g/mol. The van der Waals surface area contributed by atoms with E-state index in [9.17, 15) is 9.18 Å². The first-order valence-electron chi connectivity index (χ1n) is 4.89. The molecule has 5 nitrogen and oxygen atoms in total. The van der Waals surface area contributed by atoms with Crippen LogP contribution in [0.3, 0.4) is 0 Å². The summed E-state index contributed by atoms with van der Waals surface area (Å²) in [5.74, 6) is -1.51. The van der Waals surface area contributed by atoms with Gasteiger partial charge in [0.05, 0.1) is 12.6 Å². The van der Waals surface area contributed by atoms with E-state index < -0.39 is 11.8 Å². The van der Waals surface area contributed by atoms with Crippen molar-refractivity contribution in [2.45, 2.75) is 0 Å². The molecule has 0 aliphatic rings. The number of nitrogens with zero attached hydrogens (tertiary/aromatic N) is 1. The number of carbonyl (C=O) groups is 1. The quantitative estimate of drug-likeness (QED) is 0.892. The first-order valence-corrected chi connectivity index (χ1v) is 5.77. The Morgan fingerprint density at radius 3 is 3.00 bits per heavy atom. The van der Waals surface area contributed by atoms with Crippen LogP contribution in [0.1, 0.15) is 10.5 Å². The molecule has 0 saturated carbocycles. The second-order valence-electron chi connectivity index (χ2n) is 3.31. The first kappa shape index (κ1) is 12.3. The lowest BCUT2D eigenvalue weighted by Gasteiger charge is -2.07. The Morgan fingerprint density at radius 1 is 1.56 bits per heavy atom. The second-order valence-corrected chi connectivity index (χ2v) is 4.16. The largest absolute Gasteiger partial charge is 0.494 e. The lowest BCUT2D eigenvalue weighted by molar-refractivity contribution is 0.0692. The molecule has 1 aromatic carbocycles. The van der Waals surface area contributed by atoms with E-state index in [4.69, 9.17) is 9.84 Å². The van der Waals surface area contributed by atoms with Crippen LogP contribution in [0.25, 0.3) is 0 Å². The third-order valence-electron chi connectivity index (χ3n) is 2.18. The fraction of sp³-hybridized carbons (Fsp3) is 0.0909. The number of rotatable bonds is 4. The summed E-state index contributed by atoms with van der Waals surface area (Å²) in [6.07, 6.45) is 0. The van der Waals surface area contributed by atoms with Gasteiger partial charge in [-0.1, -0.05) is 0 Å². The molecule has 0 aliphatic heterocycles. The number of nitrogens with one attached hydrogen (secondary N) is 1. The van der Waals surface area contributed by atoms with Crippen molar-refractivity contribution in [3.63, 3.8) is 0 Å². The summed E-state index contributed by atoms with van der Waals surface area (Å²) >= 11 is 1.15. The first-order chi connectivity index (χ1) is 8.61. The summed E-state index contributed by atoms with van der Waals surface area (Å²) in [5, 5.41) is 12.1. The molecule has 0 spiro atoms. The molecule has 7 heteroatoms. The molecule has 0 aliphatic carbocycles. The molecule has 0 saturated heterocycles. The van der Waals surface area contributed by atoms with Gasteiger partial charge in [-0.15, -0.1) is 11.3 Å². The normalized spacial score (nSPS) is 10.1. The maximum Gasteiger partial charge on any atom is 0.357 e. The number of hydrogen-bond donors (Lipinski definition) is 2. The summed E-state index contributed by atoms with van der Waals surface area (Å²) < 4.78 is 18.0. The van der Waals surface area contributed by atoms with Crippen molar-refractivity contribution in [3.05, 3.63) is 35.2 Å². The van der Waals surface area contributed by atoms with Crippen molar-refractivity contribution in [2.75, 3.05) is 12.4 Å². The third kappa shape index (κ3) is 2.40. The van der Waals surface area contributed by atoms with Gasteiger partial charge in [-0.25, -0.2) is 14.2 Å². The summed E-state index contributed by atoms with van der Waals surface area (Å²) in [6, 6.07) is 4.17. The molecule has 0 bridgehead atoms. The van der Waals surface area contributed by atoms with Crippen LogP contribution in [0, 0.1) is 5.82 Å². The number of hydrogen-bond acceptors (Lipinski definition) is 5. The van der Waals surface area contributed by atoms with Crippen LogP contribution in [-0.2, 0) is 0 Å². The lowest BCUT2D eigenvalue weighted by atomic mass is 10.3. The smallest absolute Gasteiger partial charge is 0.357 e. The number of aromatic carboxylic acids is 1. The monoisotopic (exact) mass is 268 g/mol. The van der Waals surface area contributed by atoms with Crippen LogP contribution in [0.15, 0.2) is 23.7 Å². The number of carboxylic acid groups (broad SMARTS) is 1. The van der Waals surface area contributed by atoms with Gasteiger partial charge in [0, 0.05) is 11.8 Å². The number of ether oxygens (including phenoxy) is 1. The molecule has 2 rings (SSSR count). The highest BCUT2D eigenvalue weighted by atomic mass is 32.1. The van der Waals surface area contributed by atoms with E-state index >= 15 is 0 Å². The van der Waals surface area contributed by atoms with Crippen molar-refractivity contribution in [2.24, 2.45) is 0 Å². The fourth-order valence-electron chi connectivity index (χ4n) is 1.36. The Kier molecular flexibility index (Phi) is 3.42. The highest BCUT2D eigenvalue weighted by molar-refractivity contribution is 7.14. The van der Waals surface area contributed by atoms with Crippen LogP contribution in [0.2, 0.25) is 0 Å². The molecule has 2 aromatic rings. The van der Waals surface area contributed by atoms with Gasteiger partial charge in [-0.05, 0) is 12.1 Å². The summed E-state index contributed by atoms with van der Waals surface area (Å²) in [5.41, 5.74) is 1.88. The predicted octanol–water partition coefficient (Wildman–Crippen LogP) is 2.73. The van der Waals surface area contributed by atoms with Crippen molar-refractivity contribution < 1.29 is 19.0 Å². The molecule has 0 unspecified atom stereocenters. The zero-order valence-corrected chi connectivity index (χ0v) is 10.1. The Hall–Kier alpha value is -2.15. The topological polar surface area (TPSA) is 71.5 Å². The number of methoxy groups -OCH3 is 1. The van der Waals surface area contributed by atoms with Crippen LogP contribution in [0.5, 0.6) is 5.75 Å². The van der Waals surface area contributed by atoms with E-state index in [1.807, 2.05) is 0 Å². The lowest BCUT2D eigenvalue weighted by Crippen LogP contribution is -2.01. The zero-order valence-electron chi connectivity index (χ0n) is 9.31. The van der Waals surface area contributed by atoms with Gasteiger partial charge in [0.1, 0.15) is 5.00 Å². The van der Waals surface area contributed by atoms with E-state index in [0.717, 1.165) is 11.3 Å². The number of anilines is 2. The van der Waals surface area contributed by atoms with Gasteiger partial charge in [-0.3, -0.25) is 0 Å². The molecule has 0 amide bonds. The Bertz CT molecular complexity index is 585. The van der Waals surface area contributed by atoms with Gasteiger partial charge < -0.3 is 15.2 Å². The standard InChI is InChI=1S/C11H9FN2O3S/c1-17-8-4-6(2-3-7(8)12)14-10-9(11(15)16)13-5-18-10/h2-5,14H,1H3,(H,15,16). The Morgan fingerprint density at radius 2 is 2.33 bits per heavy atom. The number of aromatic nitrogens is 1. The number of thiazole rings is 1. The maximum atomic E-state index is 13.2. The van der Waals surface area contributed by atoms with E-state index in [1.54, 1.807) is 0 Å². The van der Waals surface area contributed by atoms with Crippen molar-refractivity contribution in [3.8, 4) is 5.75 Å². The molecule has 0 atom stereocenters. The Balaban J connectivity index is 2.28. The third-order valence-corrected chi connectivity index (χ3v) is 2.92. The number of benzene rings is 1. The van der Waals surface area contributed by atoms with Crippen molar-refractivity contribution >= 4 is 28.0 Å². The number of carboxylic acids is 1. The zero-order chi connectivity index (χ0) is 13.1. The van der Waals surface area contributed by atoms with E-state index in [1.165, 1.54) is 30.8 Å². The minimum absolute atomic E-state index is 0.0664. The van der Waals surface area contributed by atoms with Crippen LogP contribution < -0.4 is 10.1 Å². The van der Waals surface area contributed by atoms with Crippen LogP contribution in [0.4, 0.5) is 15.1 Å². The van der Waals surface area contributed by atoms with Crippen molar-refractivity contribution in [1.29, 1.82) is 0 Å². The van der Waals surface area contributed by atoms with Crippen LogP contribution in [-0.4, -0.2) is 23.2 Å². The predicted molar refractivity (Wildman–Crippen MR) is 65.3 cm³/mol. The highest BCUT2D eigenvalue weighted by Crippen LogP contribution is 2.28. The molecule has 2 N–H and O–H groups in total. The molecule has 18 heavy (non-hydrogen) atoms. The molecule has 1 aromatic heterocycles. The van der Waals surface area contributed by atoms with Gasteiger partial charge >= 0.3 is 5.97 Å². The van der Waals surface area contributed by atoms with Crippen molar-refractivity contribution in [1.82, 2.24) is 4.98 Å². The van der Waals surface area contributed by atoms with E-state index in [0.29, 0.717) is 10.7 Å². The molecule has 0 fully saturated rings. The summed E-state index contributed by atoms with van der Waals surface area (Å²) in [4.78, 5) is 14.6. The van der Waals surface area contributed by atoms with Gasteiger partial charge in [0.2, 0.25) is 0 Å². The molecule has 1 heterocycles. The minimum Gasteiger partial charge on any atom is -0.494 e. The van der Waals surface area contributed by atoms with E-state index in [-0.39, 0.29) is 11.4 Å². The van der Waals surface area contributed by atoms with Gasteiger partial charge in [0.25, 0.3) is 0 Å². The number of halogens is 1. The molecule has 0 radical (unpaired) electrons. The summed E-state index contributed by atoms with van der Waals surface area (Å²) in [7, 11) is 1.36. The minimum atomic E-state index is -1.12. The summed E-state index contributed by atoms with van der Waals surface area (Å²) in [6.45, 7) is 0. The second kappa shape index (κ2) is 5.01. The van der Waals surface area contributed by atoms with Gasteiger partial charge in [-0.2, -0.15) is 0 Å².